The summed E-state index contributed by atoms with van der Waals surface area (Å²) in [5.41, 5.74) is -0.719. The Kier molecular flexibility index (Phi) is 12.9. The summed E-state index contributed by atoms with van der Waals surface area (Å²) in [4.78, 5) is 9.81. The number of methoxy groups -OCH3 is 1. The van der Waals surface area contributed by atoms with Crippen LogP contribution >= 0.6 is 7.82 Å². The van der Waals surface area contributed by atoms with Crippen LogP contribution in [0.4, 0.5) is 0 Å². The van der Waals surface area contributed by atoms with Crippen molar-refractivity contribution in [3.63, 3.8) is 0 Å². The molecule has 0 spiro atoms. The van der Waals surface area contributed by atoms with Gasteiger partial charge in [-0.15, -0.1) is 0 Å². The Labute approximate surface area is 202 Å². The fourth-order valence-corrected chi connectivity index (χ4v) is 6.90. The first kappa shape index (κ1) is 29.3. The topological polar surface area (TPSA) is 85.2 Å². The predicted octanol–water partition coefficient (Wildman–Crippen LogP) is 6.59. The molecule has 7 heteroatoms. The molecule has 0 saturated heterocycles. The number of aliphatic hydroxyl groups is 1. The molecule has 0 heterocycles. The van der Waals surface area contributed by atoms with E-state index in [4.69, 9.17) is 13.8 Å². The molecule has 0 aliphatic heterocycles. The van der Waals surface area contributed by atoms with Crippen LogP contribution in [0.25, 0.3) is 0 Å². The van der Waals surface area contributed by atoms with Gasteiger partial charge in [-0.25, -0.2) is 4.57 Å². The van der Waals surface area contributed by atoms with Gasteiger partial charge in [0.1, 0.15) is 0 Å². The van der Waals surface area contributed by atoms with Gasteiger partial charge in [0.2, 0.25) is 0 Å². The van der Waals surface area contributed by atoms with E-state index >= 15 is 0 Å². The van der Waals surface area contributed by atoms with Crippen molar-refractivity contribution in [1.29, 1.82) is 0 Å². The number of hydrogen-bond acceptors (Lipinski definition) is 5. The van der Waals surface area contributed by atoms with Crippen LogP contribution in [0.15, 0.2) is 0 Å². The zero-order valence-electron chi connectivity index (χ0n) is 21.7. The Hall–Kier alpha value is 0.0300. The normalized spacial score (nSPS) is 30.8. The van der Waals surface area contributed by atoms with Crippen LogP contribution in [-0.2, 0) is 18.3 Å². The Morgan fingerprint density at radius 2 is 1.52 bits per heavy atom. The lowest BCUT2D eigenvalue weighted by Crippen LogP contribution is -2.32. The molecule has 2 N–H and O–H groups in total. The Balaban J connectivity index is 1.42. The van der Waals surface area contributed by atoms with Gasteiger partial charge in [-0.05, 0) is 55.3 Å². The van der Waals surface area contributed by atoms with E-state index in [1.165, 1.54) is 64.9 Å². The van der Waals surface area contributed by atoms with Gasteiger partial charge in [-0.2, -0.15) is 0 Å². The molecule has 0 radical (unpaired) electrons. The van der Waals surface area contributed by atoms with Crippen molar-refractivity contribution in [2.45, 2.75) is 97.8 Å². The summed E-state index contributed by atoms with van der Waals surface area (Å²) < 4.78 is 27.1. The maximum absolute atomic E-state index is 12.0. The average molecular weight is 491 g/mol. The monoisotopic (exact) mass is 490 g/mol. The van der Waals surface area contributed by atoms with Gasteiger partial charge in [0.25, 0.3) is 0 Å². The van der Waals surface area contributed by atoms with Gasteiger partial charge in [-0.1, -0.05) is 72.1 Å². The molecule has 2 saturated carbocycles. The van der Waals surface area contributed by atoms with Gasteiger partial charge < -0.3 is 14.7 Å². The Morgan fingerprint density at radius 3 is 2.15 bits per heavy atom. The number of rotatable bonds is 18. The Bertz CT molecular complexity index is 587. The molecule has 2 aliphatic carbocycles. The highest BCUT2D eigenvalue weighted by molar-refractivity contribution is 7.47. The molecule has 33 heavy (non-hydrogen) atoms. The van der Waals surface area contributed by atoms with Crippen LogP contribution < -0.4 is 0 Å². The molecule has 6 unspecified atom stereocenters. The summed E-state index contributed by atoms with van der Waals surface area (Å²) in [5.74, 6) is 4.91. The van der Waals surface area contributed by atoms with Gasteiger partial charge in [0.05, 0.1) is 26.4 Å². The van der Waals surface area contributed by atoms with Crippen LogP contribution in [0.3, 0.4) is 0 Å². The number of aliphatic hydroxyl groups excluding tert-OH is 1. The van der Waals surface area contributed by atoms with E-state index in [9.17, 15) is 14.6 Å². The Morgan fingerprint density at radius 1 is 0.879 bits per heavy atom. The molecule has 2 fully saturated rings. The van der Waals surface area contributed by atoms with E-state index < -0.39 is 13.2 Å². The average Bonchev–Trinajstić information content (AvgIpc) is 3.13. The van der Waals surface area contributed by atoms with E-state index in [-0.39, 0.29) is 26.4 Å². The molecule has 2 rings (SSSR count). The molecule has 196 valence electrons. The minimum atomic E-state index is -4.09. The van der Waals surface area contributed by atoms with Crippen molar-refractivity contribution in [3.05, 3.63) is 0 Å². The summed E-state index contributed by atoms with van der Waals surface area (Å²) in [5, 5.41) is 9.40. The largest absolute Gasteiger partial charge is 0.472 e. The van der Waals surface area contributed by atoms with Crippen LogP contribution in [0.2, 0.25) is 0 Å². The van der Waals surface area contributed by atoms with Gasteiger partial charge in [-0.3, -0.25) is 9.05 Å². The maximum Gasteiger partial charge on any atom is 0.472 e. The van der Waals surface area contributed by atoms with Crippen LogP contribution in [0.5, 0.6) is 0 Å². The van der Waals surface area contributed by atoms with Crippen molar-refractivity contribution in [2.75, 3.05) is 33.5 Å². The van der Waals surface area contributed by atoms with Crippen molar-refractivity contribution in [2.24, 2.45) is 35.0 Å². The second-order valence-corrected chi connectivity index (χ2v) is 12.9. The van der Waals surface area contributed by atoms with Crippen molar-refractivity contribution < 1.29 is 28.3 Å². The molecular weight excluding hydrogens is 439 g/mol. The summed E-state index contributed by atoms with van der Waals surface area (Å²) in [7, 11) is -2.57. The van der Waals surface area contributed by atoms with E-state index in [0.29, 0.717) is 0 Å². The highest BCUT2D eigenvalue weighted by Crippen LogP contribution is 2.52. The van der Waals surface area contributed by atoms with E-state index in [1.807, 2.05) is 0 Å². The number of ether oxygens (including phenoxy) is 1. The zero-order chi connectivity index (χ0) is 24.3. The summed E-state index contributed by atoms with van der Waals surface area (Å²) in [6.45, 7) is 6.85. The summed E-state index contributed by atoms with van der Waals surface area (Å²) >= 11 is 0. The molecule has 0 aromatic carbocycles. The minimum Gasteiger partial charge on any atom is -0.396 e. The molecule has 2 bridgehead atoms. The van der Waals surface area contributed by atoms with E-state index in [0.717, 1.165) is 48.9 Å². The first-order valence-electron chi connectivity index (χ1n) is 13.4. The van der Waals surface area contributed by atoms with Crippen LogP contribution in [0, 0.1) is 35.0 Å². The first-order chi connectivity index (χ1) is 15.7. The maximum atomic E-state index is 12.0. The molecule has 6 nitrogen and oxygen atoms in total. The number of phosphoric ester groups is 1. The van der Waals surface area contributed by atoms with E-state index in [2.05, 4.69) is 13.8 Å². The highest BCUT2D eigenvalue weighted by atomic mass is 31.2. The van der Waals surface area contributed by atoms with E-state index in [1.54, 1.807) is 6.92 Å². The van der Waals surface area contributed by atoms with Crippen LogP contribution in [-0.4, -0.2) is 43.5 Å². The predicted molar refractivity (Wildman–Crippen MR) is 133 cm³/mol. The molecule has 0 aromatic heterocycles. The third-order valence-electron chi connectivity index (χ3n) is 8.37. The van der Waals surface area contributed by atoms with Crippen LogP contribution in [0.1, 0.15) is 97.8 Å². The molecule has 7 atom stereocenters. The number of phosphoric acid groups is 1. The second kappa shape index (κ2) is 14.6. The third kappa shape index (κ3) is 10.3. The lowest BCUT2D eigenvalue weighted by atomic mass is 9.73. The SMILES string of the molecule is COCC(C)(CO)COP(=O)(O)OCCCCCCCCCCC1CC2CC1C[C@@H](C)C2C. The molecule has 2 aliphatic rings. The molecule has 0 aromatic rings. The smallest absolute Gasteiger partial charge is 0.396 e. The quantitative estimate of drug-likeness (QED) is 0.166. The van der Waals surface area contributed by atoms with Gasteiger partial charge in [0.15, 0.2) is 0 Å². The number of hydrogen-bond donors (Lipinski definition) is 2. The van der Waals surface area contributed by atoms with Crippen molar-refractivity contribution in [3.8, 4) is 0 Å². The highest BCUT2D eigenvalue weighted by Gasteiger charge is 2.42. The summed E-state index contributed by atoms with van der Waals surface area (Å²) in [6, 6.07) is 0. The standard InChI is InChI=1S/C26H51O6P/c1-21-15-25-17-24(22(21)2)16-23(25)13-11-9-7-5-6-8-10-12-14-31-33(28,29)32-20-26(3,18-27)19-30-4/h21-25,27H,5-20H2,1-4H3,(H,28,29)/t21-,22?,23?,24?,25?,26?/m1/s1. The minimum absolute atomic E-state index is 0.0919. The van der Waals surface area contributed by atoms with Gasteiger partial charge >= 0.3 is 7.82 Å². The third-order valence-corrected chi connectivity index (χ3v) is 9.33. The summed E-state index contributed by atoms with van der Waals surface area (Å²) in [6.07, 6.45) is 15.4. The lowest BCUT2D eigenvalue weighted by Gasteiger charge is -2.32. The first-order valence-corrected chi connectivity index (χ1v) is 14.9. The van der Waals surface area contributed by atoms with Crippen molar-refractivity contribution in [1.82, 2.24) is 0 Å². The van der Waals surface area contributed by atoms with Crippen molar-refractivity contribution >= 4 is 7.82 Å². The fraction of sp³-hybridized carbons (Fsp3) is 1.00. The lowest BCUT2D eigenvalue weighted by molar-refractivity contribution is -0.00210. The second-order valence-electron chi connectivity index (χ2n) is 11.4. The zero-order valence-corrected chi connectivity index (χ0v) is 22.6. The molecule has 0 amide bonds. The van der Waals surface area contributed by atoms with Gasteiger partial charge in [0, 0.05) is 12.5 Å². The number of unbranched alkanes of at least 4 members (excludes halogenated alkanes) is 7. The number of fused-ring (bicyclic) bond motifs is 2. The fourth-order valence-electron chi connectivity index (χ4n) is 5.99. The molecular formula is C26H51O6P.